The number of carbonyl (C=O) groups is 1. The molecule has 0 saturated heterocycles. The summed E-state index contributed by atoms with van der Waals surface area (Å²) in [5.74, 6) is 0.392. The number of hydrogen-bond acceptors (Lipinski definition) is 4. The second-order valence-corrected chi connectivity index (χ2v) is 6.79. The molecule has 0 fully saturated rings. The lowest BCUT2D eigenvalue weighted by atomic mass is 10.2. The second-order valence-electron chi connectivity index (χ2n) is 5.08. The van der Waals surface area contributed by atoms with Gasteiger partial charge in [0.15, 0.2) is 0 Å². The summed E-state index contributed by atoms with van der Waals surface area (Å²) in [5, 5.41) is 0. The monoisotopic (exact) mass is 312 g/mol. The zero-order chi connectivity index (χ0) is 15.6. The van der Waals surface area contributed by atoms with E-state index in [0.717, 1.165) is 0 Å². The summed E-state index contributed by atoms with van der Waals surface area (Å²) >= 11 is 0. The summed E-state index contributed by atoms with van der Waals surface area (Å²) in [7, 11) is -3.60. The molecule has 1 aromatic carbocycles. The third-order valence-corrected chi connectivity index (χ3v) is 5.04. The van der Waals surface area contributed by atoms with Crippen molar-refractivity contribution >= 4 is 21.6 Å². The average molecular weight is 312 g/mol. The molecule has 0 spiro atoms. The Bertz CT molecular complexity index is 642. The van der Waals surface area contributed by atoms with Gasteiger partial charge < -0.3 is 9.64 Å². The SMILES string of the molecule is CCC(C)NS(=O)(=O)c1ccc2c(c1)N(C(C)=O)CCO2. The van der Waals surface area contributed by atoms with Crippen LogP contribution in [0.2, 0.25) is 0 Å². The number of fused-ring (bicyclic) bond motifs is 1. The normalized spacial score (nSPS) is 16.0. The first kappa shape index (κ1) is 15.8. The Labute approximate surface area is 125 Å². The smallest absolute Gasteiger partial charge is 0.240 e. The fraction of sp³-hybridized carbons (Fsp3) is 0.500. The fourth-order valence-corrected chi connectivity index (χ4v) is 3.45. The van der Waals surface area contributed by atoms with Crippen LogP contribution in [0.5, 0.6) is 5.75 Å². The summed E-state index contributed by atoms with van der Waals surface area (Å²) in [6, 6.07) is 4.43. The summed E-state index contributed by atoms with van der Waals surface area (Å²) in [6.45, 7) is 5.99. The van der Waals surface area contributed by atoms with E-state index >= 15 is 0 Å². The molecule has 21 heavy (non-hydrogen) atoms. The molecule has 1 heterocycles. The van der Waals surface area contributed by atoms with Gasteiger partial charge in [0.25, 0.3) is 0 Å². The first-order valence-corrected chi connectivity index (χ1v) is 8.40. The zero-order valence-corrected chi connectivity index (χ0v) is 13.2. The summed E-state index contributed by atoms with van der Waals surface area (Å²) < 4.78 is 32.7. The summed E-state index contributed by atoms with van der Waals surface area (Å²) in [4.78, 5) is 13.3. The van der Waals surface area contributed by atoms with Crippen LogP contribution >= 0.6 is 0 Å². The number of ether oxygens (including phenoxy) is 1. The van der Waals surface area contributed by atoms with Crippen LogP contribution < -0.4 is 14.4 Å². The first-order valence-electron chi connectivity index (χ1n) is 6.92. The molecule has 1 amide bonds. The third kappa shape index (κ3) is 3.36. The number of rotatable bonds is 4. The summed E-state index contributed by atoms with van der Waals surface area (Å²) in [6.07, 6.45) is 0.701. The number of sulfonamides is 1. The van der Waals surface area contributed by atoms with Crippen LogP contribution in [0.3, 0.4) is 0 Å². The van der Waals surface area contributed by atoms with Gasteiger partial charge in [0, 0.05) is 13.0 Å². The molecule has 1 aromatic rings. The van der Waals surface area contributed by atoms with Crippen molar-refractivity contribution in [3.05, 3.63) is 18.2 Å². The van der Waals surface area contributed by atoms with E-state index in [0.29, 0.717) is 31.0 Å². The van der Waals surface area contributed by atoms with Gasteiger partial charge >= 0.3 is 0 Å². The van der Waals surface area contributed by atoms with Crippen LogP contribution in [0, 0.1) is 0 Å². The number of carbonyl (C=O) groups excluding carboxylic acids is 1. The minimum atomic E-state index is -3.60. The summed E-state index contributed by atoms with van der Waals surface area (Å²) in [5.41, 5.74) is 0.501. The van der Waals surface area contributed by atoms with Gasteiger partial charge in [0.05, 0.1) is 17.1 Å². The maximum absolute atomic E-state index is 12.3. The Hall–Kier alpha value is -1.60. The van der Waals surface area contributed by atoms with Gasteiger partial charge in [-0.2, -0.15) is 0 Å². The second kappa shape index (κ2) is 6.03. The molecule has 7 heteroatoms. The van der Waals surface area contributed by atoms with Gasteiger partial charge in [-0.1, -0.05) is 6.92 Å². The number of hydrogen-bond donors (Lipinski definition) is 1. The lowest BCUT2D eigenvalue weighted by molar-refractivity contribution is -0.116. The lowest BCUT2D eigenvalue weighted by Crippen LogP contribution is -2.37. The number of anilines is 1. The molecule has 1 aliphatic heterocycles. The van der Waals surface area contributed by atoms with E-state index in [1.807, 2.05) is 6.92 Å². The van der Waals surface area contributed by atoms with Crippen LogP contribution in [0.1, 0.15) is 27.2 Å². The van der Waals surface area contributed by atoms with Gasteiger partial charge in [0.1, 0.15) is 12.4 Å². The largest absolute Gasteiger partial charge is 0.490 e. The predicted octanol–water partition coefficient (Wildman–Crippen LogP) is 1.51. The minimum Gasteiger partial charge on any atom is -0.490 e. The number of benzene rings is 1. The minimum absolute atomic E-state index is 0.135. The molecule has 1 aliphatic rings. The predicted molar refractivity (Wildman–Crippen MR) is 80.0 cm³/mol. The number of nitrogens with zero attached hydrogens (tertiary/aromatic N) is 1. The van der Waals surface area contributed by atoms with E-state index in [1.165, 1.54) is 24.0 Å². The lowest BCUT2D eigenvalue weighted by Gasteiger charge is -2.29. The van der Waals surface area contributed by atoms with E-state index in [9.17, 15) is 13.2 Å². The zero-order valence-electron chi connectivity index (χ0n) is 12.4. The Balaban J connectivity index is 2.40. The van der Waals surface area contributed by atoms with Crippen LogP contribution in [0.15, 0.2) is 23.1 Å². The van der Waals surface area contributed by atoms with E-state index in [1.54, 1.807) is 13.0 Å². The maximum Gasteiger partial charge on any atom is 0.240 e. The molecule has 1 unspecified atom stereocenters. The first-order chi connectivity index (χ1) is 9.85. The molecule has 0 aliphatic carbocycles. The molecule has 0 radical (unpaired) electrons. The van der Waals surface area contributed by atoms with Crippen molar-refractivity contribution < 1.29 is 17.9 Å². The van der Waals surface area contributed by atoms with E-state index in [-0.39, 0.29) is 16.8 Å². The molecular weight excluding hydrogens is 292 g/mol. The van der Waals surface area contributed by atoms with E-state index in [2.05, 4.69) is 4.72 Å². The average Bonchev–Trinajstić information content (AvgIpc) is 2.45. The van der Waals surface area contributed by atoms with Crippen molar-refractivity contribution in [3.8, 4) is 5.75 Å². The Kier molecular flexibility index (Phi) is 4.53. The van der Waals surface area contributed by atoms with E-state index < -0.39 is 10.0 Å². The van der Waals surface area contributed by atoms with Gasteiger partial charge in [-0.3, -0.25) is 4.79 Å². The van der Waals surface area contributed by atoms with E-state index in [4.69, 9.17) is 4.74 Å². The maximum atomic E-state index is 12.3. The van der Waals surface area contributed by atoms with Gasteiger partial charge in [-0.15, -0.1) is 0 Å². The van der Waals surface area contributed by atoms with Gasteiger partial charge in [-0.05, 0) is 31.5 Å². The van der Waals surface area contributed by atoms with Crippen molar-refractivity contribution in [2.24, 2.45) is 0 Å². The topological polar surface area (TPSA) is 75.7 Å². The Morgan fingerprint density at radius 2 is 2.19 bits per heavy atom. The van der Waals surface area contributed by atoms with Crippen LogP contribution in [-0.4, -0.2) is 33.5 Å². The van der Waals surface area contributed by atoms with Crippen molar-refractivity contribution in [2.75, 3.05) is 18.1 Å². The molecule has 0 bridgehead atoms. The molecule has 2 rings (SSSR count). The van der Waals surface area contributed by atoms with Crippen molar-refractivity contribution in [2.45, 2.75) is 38.1 Å². The standard InChI is InChI=1S/C14H20N2O4S/c1-4-10(2)15-21(18,19)12-5-6-14-13(9-12)16(11(3)17)7-8-20-14/h5-6,9-10,15H,4,7-8H2,1-3H3. The molecule has 6 nitrogen and oxygen atoms in total. The highest BCUT2D eigenvalue weighted by atomic mass is 32.2. The molecular formula is C14H20N2O4S. The number of amides is 1. The van der Waals surface area contributed by atoms with Gasteiger partial charge in [-0.25, -0.2) is 13.1 Å². The Morgan fingerprint density at radius 3 is 2.81 bits per heavy atom. The quantitative estimate of drug-likeness (QED) is 0.914. The molecule has 116 valence electrons. The van der Waals surface area contributed by atoms with Crippen LogP contribution in [-0.2, 0) is 14.8 Å². The highest BCUT2D eigenvalue weighted by Gasteiger charge is 2.25. The van der Waals surface area contributed by atoms with Crippen LogP contribution in [0.25, 0.3) is 0 Å². The third-order valence-electron chi connectivity index (χ3n) is 3.45. The van der Waals surface area contributed by atoms with Crippen molar-refractivity contribution in [3.63, 3.8) is 0 Å². The van der Waals surface area contributed by atoms with Crippen LogP contribution in [0.4, 0.5) is 5.69 Å². The molecule has 0 aromatic heterocycles. The number of nitrogens with one attached hydrogen (secondary N) is 1. The highest BCUT2D eigenvalue weighted by Crippen LogP contribution is 2.33. The fourth-order valence-electron chi connectivity index (χ4n) is 2.11. The van der Waals surface area contributed by atoms with Crippen molar-refractivity contribution in [1.29, 1.82) is 0 Å². The molecule has 1 N–H and O–H groups in total. The van der Waals surface area contributed by atoms with Crippen molar-refractivity contribution in [1.82, 2.24) is 4.72 Å². The Morgan fingerprint density at radius 1 is 1.48 bits per heavy atom. The van der Waals surface area contributed by atoms with Gasteiger partial charge in [0.2, 0.25) is 15.9 Å². The molecule has 1 atom stereocenters. The highest BCUT2D eigenvalue weighted by molar-refractivity contribution is 7.89. The molecule has 0 saturated carbocycles.